The van der Waals surface area contributed by atoms with Gasteiger partial charge in [0.2, 0.25) is 10.0 Å². The number of guanidine groups is 1. The Morgan fingerprint density at radius 3 is 2.35 bits per heavy atom. The predicted molar refractivity (Wildman–Crippen MR) is 119 cm³/mol. The van der Waals surface area contributed by atoms with Crippen molar-refractivity contribution < 1.29 is 13.2 Å². The fraction of sp³-hybridized carbons (Fsp3) is 0.941. The van der Waals surface area contributed by atoms with Crippen molar-refractivity contribution in [3.8, 4) is 0 Å². The first kappa shape index (κ1) is 25.9. The van der Waals surface area contributed by atoms with Gasteiger partial charge in [0.05, 0.1) is 6.26 Å². The van der Waals surface area contributed by atoms with E-state index in [9.17, 15) is 8.42 Å². The summed E-state index contributed by atoms with van der Waals surface area (Å²) in [5, 5.41) is 6.64. The quantitative estimate of drug-likeness (QED) is 0.184. The van der Waals surface area contributed by atoms with Crippen molar-refractivity contribution in [3.05, 3.63) is 0 Å². The van der Waals surface area contributed by atoms with E-state index in [2.05, 4.69) is 20.3 Å². The van der Waals surface area contributed by atoms with Gasteiger partial charge in [0.15, 0.2) is 5.96 Å². The molecule has 9 heteroatoms. The first-order chi connectivity index (χ1) is 11.6. The number of ether oxygens (including phenoxy) is 1. The second-order valence-electron chi connectivity index (χ2n) is 7.69. The van der Waals surface area contributed by atoms with E-state index in [1.54, 1.807) is 7.05 Å². The van der Waals surface area contributed by atoms with E-state index in [0.29, 0.717) is 12.5 Å². The Morgan fingerprint density at radius 2 is 1.85 bits per heavy atom. The van der Waals surface area contributed by atoms with Gasteiger partial charge in [-0.15, -0.1) is 24.0 Å². The summed E-state index contributed by atoms with van der Waals surface area (Å²) in [6.45, 7) is 8.58. The van der Waals surface area contributed by atoms with Crippen LogP contribution in [-0.4, -0.2) is 59.5 Å². The lowest BCUT2D eigenvalue weighted by Crippen LogP contribution is -2.53. The third-order valence-electron chi connectivity index (χ3n) is 4.66. The van der Waals surface area contributed by atoms with Gasteiger partial charge in [-0.25, -0.2) is 13.1 Å². The van der Waals surface area contributed by atoms with Gasteiger partial charge in [0.25, 0.3) is 0 Å². The van der Waals surface area contributed by atoms with Crippen LogP contribution in [0.1, 0.15) is 52.9 Å². The summed E-state index contributed by atoms with van der Waals surface area (Å²) >= 11 is 0. The van der Waals surface area contributed by atoms with Crippen LogP contribution >= 0.6 is 24.0 Å². The van der Waals surface area contributed by atoms with E-state index in [1.807, 2.05) is 20.8 Å². The zero-order valence-corrected chi connectivity index (χ0v) is 20.0. The number of nitrogens with zero attached hydrogens (tertiary/aromatic N) is 1. The molecule has 3 N–H and O–H groups in total. The topological polar surface area (TPSA) is 91.8 Å². The van der Waals surface area contributed by atoms with Gasteiger partial charge in [0, 0.05) is 38.9 Å². The third kappa shape index (κ3) is 10.3. The van der Waals surface area contributed by atoms with Crippen molar-refractivity contribution in [2.24, 2.45) is 10.4 Å². The number of nitrogens with one attached hydrogen (secondary N) is 3. The summed E-state index contributed by atoms with van der Waals surface area (Å²) in [5.74, 6) is 0.700. The normalized spacial score (nSPS) is 17.7. The van der Waals surface area contributed by atoms with Gasteiger partial charge >= 0.3 is 0 Å². The largest absolute Gasteiger partial charge is 0.382 e. The zero-order valence-electron chi connectivity index (χ0n) is 16.9. The molecule has 1 saturated carbocycles. The molecule has 0 unspecified atom stereocenters. The zero-order chi connectivity index (χ0) is 19.0. The lowest BCUT2D eigenvalue weighted by molar-refractivity contribution is 0.105. The minimum absolute atomic E-state index is 0. The molecule has 156 valence electrons. The first-order valence-corrected chi connectivity index (χ1v) is 11.0. The van der Waals surface area contributed by atoms with E-state index in [0.717, 1.165) is 26.2 Å². The Bertz CT molecular complexity index is 532. The molecular formula is C17H37IN4O3S. The Morgan fingerprint density at radius 1 is 1.23 bits per heavy atom. The Hall–Kier alpha value is -0.130. The van der Waals surface area contributed by atoms with E-state index in [4.69, 9.17) is 4.74 Å². The second-order valence-corrected chi connectivity index (χ2v) is 9.44. The monoisotopic (exact) mass is 504 g/mol. The first-order valence-electron chi connectivity index (χ1n) is 9.13. The molecule has 0 aromatic rings. The van der Waals surface area contributed by atoms with Gasteiger partial charge in [0.1, 0.15) is 0 Å². The van der Waals surface area contributed by atoms with Crippen LogP contribution in [0.25, 0.3) is 0 Å². The number of aliphatic imine (C=N–C) groups is 1. The molecule has 1 aliphatic rings. The predicted octanol–water partition coefficient (Wildman–Crippen LogP) is 2.08. The highest BCUT2D eigenvalue weighted by molar-refractivity contribution is 14.0. The molecule has 1 aliphatic carbocycles. The van der Waals surface area contributed by atoms with Crippen molar-refractivity contribution in [3.63, 3.8) is 0 Å². The van der Waals surface area contributed by atoms with E-state index in [1.165, 1.54) is 31.9 Å². The Kier molecular flexibility index (Phi) is 11.6. The summed E-state index contributed by atoms with van der Waals surface area (Å²) in [6, 6.07) is 0. The third-order valence-corrected chi connectivity index (χ3v) is 5.58. The molecule has 0 spiro atoms. The summed E-state index contributed by atoms with van der Waals surface area (Å²) in [7, 11) is -1.52. The van der Waals surface area contributed by atoms with Gasteiger partial charge in [-0.3, -0.25) is 4.99 Å². The fourth-order valence-electron chi connectivity index (χ4n) is 3.41. The number of rotatable bonds is 10. The van der Waals surface area contributed by atoms with Gasteiger partial charge in [-0.1, -0.05) is 12.8 Å². The average Bonchev–Trinajstić information content (AvgIpc) is 2.94. The van der Waals surface area contributed by atoms with Crippen LogP contribution in [0, 0.1) is 5.41 Å². The molecule has 0 atom stereocenters. The average molecular weight is 504 g/mol. The van der Waals surface area contributed by atoms with Crippen molar-refractivity contribution in [2.45, 2.75) is 58.4 Å². The maximum Gasteiger partial charge on any atom is 0.209 e. The van der Waals surface area contributed by atoms with Crippen molar-refractivity contribution in [2.75, 3.05) is 39.6 Å². The van der Waals surface area contributed by atoms with Crippen LogP contribution in [0.3, 0.4) is 0 Å². The second kappa shape index (κ2) is 11.7. The van der Waals surface area contributed by atoms with Crippen LogP contribution in [0.15, 0.2) is 4.99 Å². The highest BCUT2D eigenvalue weighted by atomic mass is 127. The Labute approximate surface area is 176 Å². The maximum absolute atomic E-state index is 11.4. The molecule has 0 bridgehead atoms. The van der Waals surface area contributed by atoms with Crippen LogP contribution in [0.4, 0.5) is 0 Å². The molecule has 1 rings (SSSR count). The molecule has 0 heterocycles. The van der Waals surface area contributed by atoms with Crippen LogP contribution in [-0.2, 0) is 14.8 Å². The van der Waals surface area contributed by atoms with E-state index in [-0.39, 0.29) is 29.4 Å². The SMILES string of the molecule is CCOCCC1(CNC(=NC)NCC(C)(C)NS(C)(=O)=O)CCCC1.I. The molecule has 0 aromatic carbocycles. The summed E-state index contributed by atoms with van der Waals surface area (Å²) in [5.41, 5.74) is -0.321. The number of hydrogen-bond acceptors (Lipinski definition) is 4. The molecular weight excluding hydrogens is 467 g/mol. The summed E-state index contributed by atoms with van der Waals surface area (Å²) < 4.78 is 31.0. The number of hydrogen-bond donors (Lipinski definition) is 3. The molecule has 0 amide bonds. The minimum Gasteiger partial charge on any atom is -0.382 e. The van der Waals surface area contributed by atoms with Crippen molar-refractivity contribution in [1.82, 2.24) is 15.4 Å². The molecule has 1 fully saturated rings. The molecule has 0 radical (unpaired) electrons. The van der Waals surface area contributed by atoms with Crippen molar-refractivity contribution >= 4 is 40.0 Å². The van der Waals surface area contributed by atoms with Gasteiger partial charge in [-0.2, -0.15) is 0 Å². The molecule has 26 heavy (non-hydrogen) atoms. The summed E-state index contributed by atoms with van der Waals surface area (Å²) in [4.78, 5) is 4.26. The number of halogens is 1. The molecule has 0 aromatic heterocycles. The Balaban J connectivity index is 0.00000625. The highest BCUT2D eigenvalue weighted by Crippen LogP contribution is 2.40. The van der Waals surface area contributed by atoms with Crippen LogP contribution in [0.5, 0.6) is 0 Å². The fourth-order valence-corrected chi connectivity index (χ4v) is 4.48. The lowest BCUT2D eigenvalue weighted by atomic mass is 9.83. The standard InChI is InChI=1S/C17H36N4O3S.HI/c1-6-24-12-11-17(9-7-8-10-17)14-20-15(18-4)19-13-16(2,3)21-25(5,22)23;/h21H,6-14H2,1-5H3,(H2,18,19,20);1H. The van der Waals surface area contributed by atoms with Crippen LogP contribution in [0.2, 0.25) is 0 Å². The smallest absolute Gasteiger partial charge is 0.209 e. The van der Waals surface area contributed by atoms with Gasteiger partial charge < -0.3 is 15.4 Å². The molecule has 0 aliphatic heterocycles. The van der Waals surface area contributed by atoms with Crippen LogP contribution < -0.4 is 15.4 Å². The maximum atomic E-state index is 11.4. The van der Waals surface area contributed by atoms with E-state index < -0.39 is 15.6 Å². The number of sulfonamides is 1. The highest BCUT2D eigenvalue weighted by Gasteiger charge is 2.33. The minimum atomic E-state index is -3.25. The lowest BCUT2D eigenvalue weighted by Gasteiger charge is -2.31. The summed E-state index contributed by atoms with van der Waals surface area (Å²) in [6.07, 6.45) is 7.20. The van der Waals surface area contributed by atoms with E-state index >= 15 is 0 Å². The van der Waals surface area contributed by atoms with Crippen molar-refractivity contribution in [1.29, 1.82) is 0 Å². The molecule has 7 nitrogen and oxygen atoms in total. The van der Waals surface area contributed by atoms with Gasteiger partial charge in [-0.05, 0) is 45.4 Å². The molecule has 0 saturated heterocycles.